The molecular weight excluding hydrogens is 372 g/mol. The number of halogens is 2. The number of aromatic nitrogens is 3. The van der Waals surface area contributed by atoms with Crippen molar-refractivity contribution in [2.24, 2.45) is 0 Å². The van der Waals surface area contributed by atoms with Gasteiger partial charge in [-0.1, -0.05) is 30.0 Å². The molecule has 0 spiro atoms. The van der Waals surface area contributed by atoms with Gasteiger partial charge in [0, 0.05) is 16.9 Å². The van der Waals surface area contributed by atoms with E-state index in [2.05, 4.69) is 15.2 Å². The summed E-state index contributed by atoms with van der Waals surface area (Å²) in [4.78, 5) is 4.37. The van der Waals surface area contributed by atoms with E-state index >= 15 is 0 Å². The zero-order chi connectivity index (χ0) is 18.6. The Kier molecular flexibility index (Phi) is 5.17. The van der Waals surface area contributed by atoms with Crippen molar-refractivity contribution >= 4 is 23.9 Å². The van der Waals surface area contributed by atoms with Gasteiger partial charge in [0.15, 0.2) is 6.79 Å². The maximum Gasteiger partial charge on any atom is 0.209 e. The molecule has 4 rings (SSSR count). The van der Waals surface area contributed by atoms with Crippen molar-refractivity contribution in [2.45, 2.75) is 17.5 Å². The topological polar surface area (TPSA) is 60.0 Å². The van der Waals surface area contributed by atoms with E-state index in [1.54, 1.807) is 18.2 Å². The standard InChI is InChI=1S/C19H15F2N3O2S/c20-15-4-1-12(2-5-15)3-6-17-22-19(24-23-17)27-10-14-8-16(21)7-13-9-25-11-26-18(13)14/h1-8H,9-11H2,(H,22,23,24)/b6-3+. The Morgan fingerprint density at radius 3 is 2.81 bits per heavy atom. The van der Waals surface area contributed by atoms with Crippen LogP contribution in [0.4, 0.5) is 8.78 Å². The lowest BCUT2D eigenvalue weighted by molar-refractivity contribution is -0.0171. The molecular formula is C19H15F2N3O2S. The molecule has 0 fully saturated rings. The third-order valence-electron chi connectivity index (χ3n) is 3.89. The average molecular weight is 387 g/mol. The van der Waals surface area contributed by atoms with Gasteiger partial charge in [0.25, 0.3) is 0 Å². The van der Waals surface area contributed by atoms with Gasteiger partial charge in [-0.15, -0.1) is 5.10 Å². The van der Waals surface area contributed by atoms with E-state index in [1.165, 1.54) is 36.0 Å². The zero-order valence-corrected chi connectivity index (χ0v) is 14.9. The van der Waals surface area contributed by atoms with Gasteiger partial charge in [-0.05, 0) is 35.9 Å². The predicted octanol–water partition coefficient (Wildman–Crippen LogP) is 4.41. The first-order valence-corrected chi connectivity index (χ1v) is 9.16. The highest BCUT2D eigenvalue weighted by Crippen LogP contribution is 2.33. The van der Waals surface area contributed by atoms with Gasteiger partial charge in [-0.25, -0.2) is 13.8 Å². The first-order chi connectivity index (χ1) is 13.2. The Morgan fingerprint density at radius 1 is 1.11 bits per heavy atom. The highest BCUT2D eigenvalue weighted by atomic mass is 32.2. The van der Waals surface area contributed by atoms with Crippen LogP contribution in [0.25, 0.3) is 12.2 Å². The summed E-state index contributed by atoms with van der Waals surface area (Å²) in [6, 6.07) is 9.03. The van der Waals surface area contributed by atoms with E-state index in [-0.39, 0.29) is 18.4 Å². The molecule has 0 unspecified atom stereocenters. The molecule has 0 atom stereocenters. The Morgan fingerprint density at radius 2 is 1.96 bits per heavy atom. The molecule has 1 N–H and O–H groups in total. The Hall–Kier alpha value is -2.71. The third kappa shape index (κ3) is 4.35. The molecule has 0 radical (unpaired) electrons. The minimum atomic E-state index is -0.323. The highest BCUT2D eigenvalue weighted by molar-refractivity contribution is 7.98. The van der Waals surface area contributed by atoms with Gasteiger partial charge < -0.3 is 9.47 Å². The second-order valence-electron chi connectivity index (χ2n) is 5.84. The van der Waals surface area contributed by atoms with Gasteiger partial charge >= 0.3 is 0 Å². The van der Waals surface area contributed by atoms with Crippen molar-refractivity contribution in [1.82, 2.24) is 15.2 Å². The fourth-order valence-electron chi connectivity index (χ4n) is 2.65. The van der Waals surface area contributed by atoms with Gasteiger partial charge in [-0.2, -0.15) is 0 Å². The zero-order valence-electron chi connectivity index (χ0n) is 14.1. The van der Waals surface area contributed by atoms with E-state index in [9.17, 15) is 8.78 Å². The lowest BCUT2D eigenvalue weighted by Crippen LogP contribution is -2.13. The molecule has 0 bridgehead atoms. The lowest BCUT2D eigenvalue weighted by Gasteiger charge is -2.20. The lowest BCUT2D eigenvalue weighted by atomic mass is 10.1. The molecule has 1 aromatic heterocycles. The van der Waals surface area contributed by atoms with Gasteiger partial charge in [0.1, 0.15) is 23.2 Å². The van der Waals surface area contributed by atoms with Crippen LogP contribution < -0.4 is 4.74 Å². The molecule has 138 valence electrons. The number of ether oxygens (including phenoxy) is 2. The second-order valence-corrected chi connectivity index (χ2v) is 6.78. The second kappa shape index (κ2) is 7.89. The molecule has 5 nitrogen and oxygen atoms in total. The summed E-state index contributed by atoms with van der Waals surface area (Å²) >= 11 is 1.38. The fraction of sp³-hybridized carbons (Fsp3) is 0.158. The Balaban J connectivity index is 1.43. The summed E-state index contributed by atoms with van der Waals surface area (Å²) in [5, 5.41) is 7.52. The van der Waals surface area contributed by atoms with Gasteiger partial charge in [0.05, 0.1) is 6.61 Å². The number of benzene rings is 2. The summed E-state index contributed by atoms with van der Waals surface area (Å²) in [7, 11) is 0. The van der Waals surface area contributed by atoms with Crippen molar-refractivity contribution < 1.29 is 18.3 Å². The molecule has 2 heterocycles. The number of nitrogens with one attached hydrogen (secondary N) is 1. The minimum absolute atomic E-state index is 0.162. The van der Waals surface area contributed by atoms with Crippen LogP contribution in [-0.2, 0) is 17.1 Å². The van der Waals surface area contributed by atoms with Crippen LogP contribution in [0.15, 0.2) is 41.6 Å². The minimum Gasteiger partial charge on any atom is -0.467 e. The quantitative estimate of drug-likeness (QED) is 0.657. The normalized spacial score (nSPS) is 13.6. The number of fused-ring (bicyclic) bond motifs is 1. The van der Waals surface area contributed by atoms with E-state index < -0.39 is 0 Å². The largest absolute Gasteiger partial charge is 0.467 e. The molecule has 0 saturated carbocycles. The highest BCUT2D eigenvalue weighted by Gasteiger charge is 2.17. The van der Waals surface area contributed by atoms with E-state index in [0.717, 1.165) is 11.1 Å². The molecule has 1 aliphatic heterocycles. The summed E-state index contributed by atoms with van der Waals surface area (Å²) in [6.07, 6.45) is 3.57. The van der Waals surface area contributed by atoms with Gasteiger partial charge in [-0.3, -0.25) is 5.10 Å². The first kappa shape index (κ1) is 17.7. The van der Waals surface area contributed by atoms with Crippen molar-refractivity contribution in [2.75, 3.05) is 6.79 Å². The molecule has 0 saturated heterocycles. The van der Waals surface area contributed by atoms with Crippen LogP contribution in [-0.4, -0.2) is 22.0 Å². The summed E-state index contributed by atoms with van der Waals surface area (Å²) in [5.41, 5.74) is 2.30. The third-order valence-corrected chi connectivity index (χ3v) is 4.79. The molecule has 0 amide bonds. The van der Waals surface area contributed by atoms with Crippen LogP contribution >= 0.6 is 11.8 Å². The smallest absolute Gasteiger partial charge is 0.209 e. The number of H-pyrrole nitrogens is 1. The average Bonchev–Trinajstić information content (AvgIpc) is 3.13. The van der Waals surface area contributed by atoms with Crippen molar-refractivity contribution in [3.63, 3.8) is 0 Å². The monoisotopic (exact) mass is 387 g/mol. The number of hydrogen-bond acceptors (Lipinski definition) is 5. The van der Waals surface area contributed by atoms with Crippen LogP contribution in [0.2, 0.25) is 0 Å². The Bertz CT molecular complexity index is 974. The van der Waals surface area contributed by atoms with Crippen LogP contribution in [0, 0.1) is 11.6 Å². The Labute approximate surface area is 158 Å². The van der Waals surface area contributed by atoms with Crippen molar-refractivity contribution in [3.8, 4) is 5.75 Å². The van der Waals surface area contributed by atoms with Crippen LogP contribution in [0.1, 0.15) is 22.5 Å². The molecule has 3 aromatic rings. The SMILES string of the molecule is Fc1ccc(/C=C/c2nc(SCc3cc(F)cc4c3OCOC4)n[nH]2)cc1. The predicted molar refractivity (Wildman–Crippen MR) is 98.0 cm³/mol. The maximum absolute atomic E-state index is 13.8. The molecule has 1 aliphatic rings. The van der Waals surface area contributed by atoms with Crippen LogP contribution in [0.5, 0.6) is 5.75 Å². The van der Waals surface area contributed by atoms with E-state index in [0.29, 0.717) is 34.7 Å². The molecule has 8 heteroatoms. The summed E-state index contributed by atoms with van der Waals surface area (Å²) in [5.74, 6) is 1.12. The van der Waals surface area contributed by atoms with Gasteiger partial charge in [0.2, 0.25) is 5.16 Å². The number of thioether (sulfide) groups is 1. The van der Waals surface area contributed by atoms with Crippen molar-refractivity contribution in [1.29, 1.82) is 0 Å². The molecule has 2 aromatic carbocycles. The fourth-order valence-corrected chi connectivity index (χ4v) is 3.42. The summed E-state index contributed by atoms with van der Waals surface area (Å²) in [6.45, 7) is 0.499. The molecule has 27 heavy (non-hydrogen) atoms. The summed E-state index contributed by atoms with van der Waals surface area (Å²) < 4.78 is 37.4. The van der Waals surface area contributed by atoms with Crippen molar-refractivity contribution in [3.05, 3.63) is 70.5 Å². The van der Waals surface area contributed by atoms with E-state index in [4.69, 9.17) is 9.47 Å². The van der Waals surface area contributed by atoms with E-state index in [1.807, 2.05) is 6.08 Å². The number of rotatable bonds is 5. The number of nitrogens with zero attached hydrogens (tertiary/aromatic N) is 2. The number of hydrogen-bond donors (Lipinski definition) is 1. The molecule has 0 aliphatic carbocycles. The maximum atomic E-state index is 13.8. The van der Waals surface area contributed by atoms with Crippen LogP contribution in [0.3, 0.4) is 0 Å². The first-order valence-electron chi connectivity index (χ1n) is 8.18. The number of aromatic amines is 1.